The first kappa shape index (κ1) is 11.4. The van der Waals surface area contributed by atoms with E-state index < -0.39 is 0 Å². The highest BCUT2D eigenvalue weighted by Crippen LogP contribution is 2.09. The summed E-state index contributed by atoms with van der Waals surface area (Å²) in [6.07, 6.45) is 0. The van der Waals surface area contributed by atoms with Crippen LogP contribution in [-0.2, 0) is 0 Å². The number of nitriles is 1. The van der Waals surface area contributed by atoms with Crippen LogP contribution in [0.4, 0.5) is 5.95 Å². The van der Waals surface area contributed by atoms with Crippen LogP contribution >= 0.6 is 0 Å². The zero-order valence-corrected chi connectivity index (χ0v) is 9.65. The van der Waals surface area contributed by atoms with E-state index in [2.05, 4.69) is 16.0 Å². The van der Waals surface area contributed by atoms with E-state index in [9.17, 15) is 0 Å². The monoisotopic (exact) mass is 204 g/mol. The molecular weight excluding hydrogens is 188 g/mol. The molecule has 1 rings (SSSR count). The van der Waals surface area contributed by atoms with Gasteiger partial charge in [-0.3, -0.25) is 0 Å². The Kier molecular flexibility index (Phi) is 3.62. The third kappa shape index (κ3) is 3.21. The number of nitrogens with zero attached hydrogens (tertiary/aromatic N) is 4. The third-order valence-corrected chi connectivity index (χ3v) is 2.08. The lowest BCUT2D eigenvalue weighted by atomic mass is 10.2. The molecule has 0 amide bonds. The van der Waals surface area contributed by atoms with E-state index in [1.54, 1.807) is 0 Å². The molecule has 0 radical (unpaired) electrons. The zero-order chi connectivity index (χ0) is 11.4. The van der Waals surface area contributed by atoms with Crippen LogP contribution in [-0.4, -0.2) is 23.6 Å². The molecule has 0 aliphatic heterocycles. The predicted molar refractivity (Wildman–Crippen MR) is 59.6 cm³/mol. The summed E-state index contributed by atoms with van der Waals surface area (Å²) >= 11 is 0. The van der Waals surface area contributed by atoms with Crippen molar-refractivity contribution in [1.29, 1.82) is 5.26 Å². The van der Waals surface area contributed by atoms with Gasteiger partial charge in [0.1, 0.15) is 0 Å². The smallest absolute Gasteiger partial charge is 0.225 e. The lowest BCUT2D eigenvalue weighted by molar-refractivity contribution is 0.700. The molecule has 1 heterocycles. The minimum Gasteiger partial charge on any atom is -0.343 e. The van der Waals surface area contributed by atoms with Gasteiger partial charge in [-0.25, -0.2) is 9.97 Å². The van der Waals surface area contributed by atoms with Crippen molar-refractivity contribution >= 4 is 5.95 Å². The summed E-state index contributed by atoms with van der Waals surface area (Å²) in [4.78, 5) is 10.6. The first-order valence-corrected chi connectivity index (χ1v) is 4.96. The molecule has 0 aromatic carbocycles. The van der Waals surface area contributed by atoms with E-state index in [1.165, 1.54) is 0 Å². The maximum absolute atomic E-state index is 8.72. The second-order valence-electron chi connectivity index (χ2n) is 3.86. The largest absolute Gasteiger partial charge is 0.343 e. The van der Waals surface area contributed by atoms with Gasteiger partial charge in [0.25, 0.3) is 0 Å². The number of aromatic nitrogens is 2. The fourth-order valence-corrected chi connectivity index (χ4v) is 1.41. The van der Waals surface area contributed by atoms with Gasteiger partial charge in [0, 0.05) is 25.0 Å². The van der Waals surface area contributed by atoms with Crippen LogP contribution in [0, 0.1) is 31.1 Å². The molecular formula is C11H16N4. The standard InChI is InChI=1S/C11H16N4/c1-8(6-12)7-15(4)11-13-9(2)5-10(3)14-11/h5,8H,7H2,1-4H3. The molecule has 0 saturated carbocycles. The zero-order valence-electron chi connectivity index (χ0n) is 9.65. The van der Waals surface area contributed by atoms with Crippen molar-refractivity contribution in [3.63, 3.8) is 0 Å². The maximum Gasteiger partial charge on any atom is 0.225 e. The maximum atomic E-state index is 8.72. The second-order valence-corrected chi connectivity index (χ2v) is 3.86. The van der Waals surface area contributed by atoms with Crippen molar-refractivity contribution in [3.8, 4) is 6.07 Å². The van der Waals surface area contributed by atoms with Crippen LogP contribution < -0.4 is 4.90 Å². The summed E-state index contributed by atoms with van der Waals surface area (Å²) in [5.41, 5.74) is 1.91. The number of anilines is 1. The van der Waals surface area contributed by atoms with Gasteiger partial charge in [-0.05, 0) is 26.8 Å². The van der Waals surface area contributed by atoms with Gasteiger partial charge >= 0.3 is 0 Å². The van der Waals surface area contributed by atoms with Crippen molar-refractivity contribution in [1.82, 2.24) is 9.97 Å². The van der Waals surface area contributed by atoms with Crippen molar-refractivity contribution in [2.24, 2.45) is 5.92 Å². The molecule has 1 atom stereocenters. The van der Waals surface area contributed by atoms with Gasteiger partial charge in [-0.2, -0.15) is 5.26 Å². The molecule has 4 heteroatoms. The number of hydrogen-bond donors (Lipinski definition) is 0. The van der Waals surface area contributed by atoms with Crippen molar-refractivity contribution in [2.75, 3.05) is 18.5 Å². The summed E-state index contributed by atoms with van der Waals surface area (Å²) in [7, 11) is 1.90. The van der Waals surface area contributed by atoms with Gasteiger partial charge < -0.3 is 4.90 Å². The minimum absolute atomic E-state index is 0.0144. The van der Waals surface area contributed by atoms with Crippen molar-refractivity contribution in [3.05, 3.63) is 17.5 Å². The van der Waals surface area contributed by atoms with E-state index in [1.807, 2.05) is 38.8 Å². The molecule has 0 saturated heterocycles. The Morgan fingerprint density at radius 2 is 1.93 bits per heavy atom. The minimum atomic E-state index is -0.0144. The fraction of sp³-hybridized carbons (Fsp3) is 0.545. The van der Waals surface area contributed by atoms with Gasteiger partial charge in [0.2, 0.25) is 5.95 Å². The summed E-state index contributed by atoms with van der Waals surface area (Å²) in [5, 5.41) is 8.72. The molecule has 0 bridgehead atoms. The van der Waals surface area contributed by atoms with Crippen LogP contribution in [0.2, 0.25) is 0 Å². The van der Waals surface area contributed by atoms with E-state index >= 15 is 0 Å². The Morgan fingerprint density at radius 1 is 1.40 bits per heavy atom. The summed E-state index contributed by atoms with van der Waals surface area (Å²) in [6.45, 7) is 6.43. The molecule has 80 valence electrons. The van der Waals surface area contributed by atoms with Crippen LogP contribution in [0.3, 0.4) is 0 Å². The van der Waals surface area contributed by atoms with Gasteiger partial charge in [-0.15, -0.1) is 0 Å². The molecule has 1 aromatic heterocycles. The highest BCUT2D eigenvalue weighted by atomic mass is 15.2. The lowest BCUT2D eigenvalue weighted by Gasteiger charge is -2.18. The normalized spacial score (nSPS) is 11.9. The van der Waals surface area contributed by atoms with Crippen LogP contribution in [0.5, 0.6) is 0 Å². The fourth-order valence-electron chi connectivity index (χ4n) is 1.41. The first-order valence-electron chi connectivity index (χ1n) is 4.96. The van der Waals surface area contributed by atoms with Gasteiger partial charge in [0.15, 0.2) is 0 Å². The van der Waals surface area contributed by atoms with Crippen molar-refractivity contribution in [2.45, 2.75) is 20.8 Å². The highest BCUT2D eigenvalue weighted by Gasteiger charge is 2.09. The number of hydrogen-bond acceptors (Lipinski definition) is 4. The topological polar surface area (TPSA) is 52.8 Å². The molecule has 1 unspecified atom stereocenters. The Morgan fingerprint density at radius 3 is 2.40 bits per heavy atom. The molecule has 4 nitrogen and oxygen atoms in total. The Labute approximate surface area is 90.6 Å². The summed E-state index contributed by atoms with van der Waals surface area (Å²) < 4.78 is 0. The molecule has 0 fully saturated rings. The van der Waals surface area contributed by atoms with E-state index in [-0.39, 0.29) is 5.92 Å². The second kappa shape index (κ2) is 4.74. The SMILES string of the molecule is Cc1cc(C)nc(N(C)CC(C)C#N)n1. The predicted octanol–water partition coefficient (Wildman–Crippen LogP) is 1.69. The lowest BCUT2D eigenvalue weighted by Crippen LogP contribution is -2.25. The molecule has 15 heavy (non-hydrogen) atoms. The van der Waals surface area contributed by atoms with Gasteiger partial charge in [0.05, 0.1) is 12.0 Å². The Balaban J connectivity index is 2.82. The number of aryl methyl sites for hydroxylation is 2. The van der Waals surface area contributed by atoms with E-state index in [0.29, 0.717) is 12.5 Å². The average molecular weight is 204 g/mol. The summed E-state index contributed by atoms with van der Waals surface area (Å²) in [5.74, 6) is 0.675. The summed E-state index contributed by atoms with van der Waals surface area (Å²) in [6, 6.07) is 4.13. The van der Waals surface area contributed by atoms with E-state index in [0.717, 1.165) is 11.4 Å². The van der Waals surface area contributed by atoms with Gasteiger partial charge in [-0.1, -0.05) is 0 Å². The van der Waals surface area contributed by atoms with Crippen LogP contribution in [0.15, 0.2) is 6.07 Å². The Bertz CT molecular complexity index is 360. The molecule has 0 aliphatic rings. The number of rotatable bonds is 3. The van der Waals surface area contributed by atoms with Crippen LogP contribution in [0.1, 0.15) is 18.3 Å². The van der Waals surface area contributed by atoms with Crippen LogP contribution in [0.25, 0.3) is 0 Å². The van der Waals surface area contributed by atoms with E-state index in [4.69, 9.17) is 5.26 Å². The Hall–Kier alpha value is -1.63. The first-order chi connectivity index (χ1) is 7.02. The molecule has 0 N–H and O–H groups in total. The molecule has 0 spiro atoms. The average Bonchev–Trinajstić information content (AvgIpc) is 2.16. The third-order valence-electron chi connectivity index (χ3n) is 2.08. The van der Waals surface area contributed by atoms with Crippen molar-refractivity contribution < 1.29 is 0 Å². The quantitative estimate of drug-likeness (QED) is 0.751. The molecule has 0 aliphatic carbocycles. The molecule has 1 aromatic rings. The highest BCUT2D eigenvalue weighted by molar-refractivity contribution is 5.31.